The van der Waals surface area contributed by atoms with Gasteiger partial charge in [0.05, 0.1) is 12.5 Å². The molecule has 0 radical (unpaired) electrons. The monoisotopic (exact) mass is 648 g/mol. The van der Waals surface area contributed by atoms with Crippen molar-refractivity contribution >= 4 is 34.7 Å². The number of thiocarbonyl (C=S) groups is 2. The van der Waals surface area contributed by atoms with Crippen molar-refractivity contribution in [3.63, 3.8) is 0 Å². The molecule has 46 heavy (non-hydrogen) atoms. The molecular formula is C38H40N4O2S2. The van der Waals surface area contributed by atoms with Crippen LogP contribution in [0.1, 0.15) is 86.1 Å². The van der Waals surface area contributed by atoms with Gasteiger partial charge in [-0.25, -0.2) is 0 Å². The van der Waals surface area contributed by atoms with E-state index >= 15 is 0 Å². The van der Waals surface area contributed by atoms with Gasteiger partial charge in [-0.15, -0.1) is 0 Å². The fraction of sp³-hybridized carbons (Fsp3) is 0.316. The van der Waals surface area contributed by atoms with Gasteiger partial charge in [-0.1, -0.05) is 60.7 Å². The van der Waals surface area contributed by atoms with Crippen LogP contribution < -0.4 is 10.6 Å². The van der Waals surface area contributed by atoms with E-state index in [1.54, 1.807) is 12.5 Å². The second kappa shape index (κ2) is 14.1. The van der Waals surface area contributed by atoms with Crippen molar-refractivity contribution in [2.75, 3.05) is 0 Å². The molecule has 0 saturated carbocycles. The van der Waals surface area contributed by atoms with E-state index in [1.807, 2.05) is 24.3 Å². The Balaban J connectivity index is 0.000000147. The number of allylic oxidation sites excluding steroid dienone is 2. The number of furan rings is 2. The number of rotatable bonds is 6. The molecule has 2 aromatic carbocycles. The van der Waals surface area contributed by atoms with Crippen molar-refractivity contribution in [1.29, 1.82) is 0 Å². The first-order valence-corrected chi connectivity index (χ1v) is 17.2. The maximum atomic E-state index is 5.68. The average Bonchev–Trinajstić information content (AvgIpc) is 3.84. The third-order valence-electron chi connectivity index (χ3n) is 9.36. The van der Waals surface area contributed by atoms with Crippen LogP contribution in [0.3, 0.4) is 0 Å². The van der Waals surface area contributed by atoms with E-state index in [4.69, 9.17) is 33.3 Å². The molecule has 4 aromatic rings. The van der Waals surface area contributed by atoms with E-state index in [0.29, 0.717) is 0 Å². The standard InChI is InChI=1S/2C19H20N2OS/c2*23-19-20-18(17-11-6-12-22-17)15-9-4-5-10-16(15)21(19)13-14-7-2-1-3-8-14/h2*1-3,6-8,11-12,18H,4-5,9-10,13H2,(H,20,23)/t2*18-/m11/s1. The summed E-state index contributed by atoms with van der Waals surface area (Å²) < 4.78 is 11.3. The summed E-state index contributed by atoms with van der Waals surface area (Å²) in [6.45, 7) is 1.66. The minimum absolute atomic E-state index is 0.0971. The number of nitrogens with one attached hydrogen (secondary N) is 2. The summed E-state index contributed by atoms with van der Waals surface area (Å²) in [6.07, 6.45) is 12.8. The lowest BCUT2D eigenvalue weighted by molar-refractivity contribution is 0.373. The molecule has 4 aliphatic rings. The molecule has 8 heteroatoms. The summed E-state index contributed by atoms with van der Waals surface area (Å²) in [5, 5.41) is 8.59. The molecular weight excluding hydrogens is 609 g/mol. The molecule has 0 saturated heterocycles. The average molecular weight is 649 g/mol. The molecule has 0 fully saturated rings. The molecule has 4 heterocycles. The summed E-state index contributed by atoms with van der Waals surface area (Å²) in [7, 11) is 0. The largest absolute Gasteiger partial charge is 0.467 e. The van der Waals surface area contributed by atoms with Gasteiger partial charge in [-0.05, 0) is 122 Å². The van der Waals surface area contributed by atoms with Gasteiger partial charge >= 0.3 is 0 Å². The highest BCUT2D eigenvalue weighted by Gasteiger charge is 2.35. The highest BCUT2D eigenvalue weighted by Crippen LogP contribution is 2.41. The quantitative estimate of drug-likeness (QED) is 0.201. The maximum Gasteiger partial charge on any atom is 0.174 e. The Morgan fingerprint density at radius 1 is 0.543 bits per heavy atom. The zero-order chi connectivity index (χ0) is 31.3. The van der Waals surface area contributed by atoms with Crippen molar-refractivity contribution in [3.05, 3.63) is 143 Å². The minimum Gasteiger partial charge on any atom is -0.467 e. The van der Waals surface area contributed by atoms with Crippen molar-refractivity contribution < 1.29 is 8.83 Å². The molecule has 2 aliphatic carbocycles. The van der Waals surface area contributed by atoms with Crippen molar-refractivity contribution in [2.24, 2.45) is 0 Å². The van der Waals surface area contributed by atoms with Crippen LogP contribution in [0.2, 0.25) is 0 Å². The summed E-state index contributed by atoms with van der Waals surface area (Å²) in [6, 6.07) is 29.2. The second-order valence-corrected chi connectivity index (χ2v) is 13.1. The molecule has 0 bridgehead atoms. The molecule has 2 N–H and O–H groups in total. The van der Waals surface area contributed by atoms with E-state index < -0.39 is 0 Å². The van der Waals surface area contributed by atoms with Gasteiger partial charge < -0.3 is 29.3 Å². The lowest BCUT2D eigenvalue weighted by Gasteiger charge is -2.41. The zero-order valence-electron chi connectivity index (χ0n) is 26.0. The topological polar surface area (TPSA) is 56.8 Å². The molecule has 0 spiro atoms. The molecule has 0 unspecified atom stereocenters. The lowest BCUT2D eigenvalue weighted by atomic mass is 9.87. The third kappa shape index (κ3) is 6.55. The SMILES string of the molecule is S=C1N[C@@H](c2ccco2)C2=C(CCCC2)N1Cc1ccccc1.S=C1N[C@@H](c2ccco2)C2=C(CCCC2)N1Cc1ccccc1. The van der Waals surface area contributed by atoms with E-state index in [-0.39, 0.29) is 12.1 Å². The molecule has 236 valence electrons. The molecule has 2 atom stereocenters. The Kier molecular flexibility index (Phi) is 9.35. The van der Waals surface area contributed by atoms with Gasteiger partial charge in [-0.3, -0.25) is 0 Å². The third-order valence-corrected chi connectivity index (χ3v) is 10.0. The normalized spacial score (nSPS) is 21.1. The Morgan fingerprint density at radius 2 is 0.957 bits per heavy atom. The predicted octanol–water partition coefficient (Wildman–Crippen LogP) is 9.08. The van der Waals surface area contributed by atoms with Gasteiger partial charge in [0.25, 0.3) is 0 Å². The first-order valence-electron chi connectivity index (χ1n) is 16.4. The first kappa shape index (κ1) is 30.5. The highest BCUT2D eigenvalue weighted by atomic mass is 32.1. The van der Waals surface area contributed by atoms with Gasteiger partial charge in [0.2, 0.25) is 0 Å². The second-order valence-electron chi connectivity index (χ2n) is 12.3. The smallest absolute Gasteiger partial charge is 0.174 e. The predicted molar refractivity (Wildman–Crippen MR) is 189 cm³/mol. The fourth-order valence-corrected chi connectivity index (χ4v) is 7.73. The van der Waals surface area contributed by atoms with E-state index in [2.05, 4.69) is 81.1 Å². The van der Waals surface area contributed by atoms with Crippen LogP contribution in [0.5, 0.6) is 0 Å². The summed E-state index contributed by atoms with van der Waals surface area (Å²) in [5.41, 5.74) is 8.23. The van der Waals surface area contributed by atoms with Crippen LogP contribution in [-0.4, -0.2) is 20.0 Å². The van der Waals surface area contributed by atoms with Crippen molar-refractivity contribution in [2.45, 2.75) is 76.5 Å². The molecule has 8 rings (SSSR count). The lowest BCUT2D eigenvalue weighted by Crippen LogP contribution is -2.47. The Morgan fingerprint density at radius 3 is 1.35 bits per heavy atom. The van der Waals surface area contributed by atoms with E-state index in [9.17, 15) is 0 Å². The number of hydrogen-bond donors (Lipinski definition) is 2. The van der Waals surface area contributed by atoms with Gasteiger partial charge in [0.15, 0.2) is 10.2 Å². The fourth-order valence-electron chi connectivity index (χ4n) is 7.15. The van der Waals surface area contributed by atoms with Crippen LogP contribution in [-0.2, 0) is 13.1 Å². The van der Waals surface area contributed by atoms with Gasteiger partial charge in [-0.2, -0.15) is 0 Å². The Bertz CT molecular complexity index is 1570. The Hall–Kier alpha value is -4.14. The van der Waals surface area contributed by atoms with E-state index in [1.165, 1.54) is 59.4 Å². The number of nitrogens with zero attached hydrogens (tertiary/aromatic N) is 2. The molecule has 2 aliphatic heterocycles. The molecule has 0 amide bonds. The maximum absolute atomic E-state index is 5.68. The first-order chi connectivity index (χ1) is 22.7. The van der Waals surface area contributed by atoms with Crippen LogP contribution in [0.15, 0.2) is 129 Å². The van der Waals surface area contributed by atoms with Gasteiger partial charge in [0, 0.05) is 24.5 Å². The summed E-state index contributed by atoms with van der Waals surface area (Å²) >= 11 is 11.4. The van der Waals surface area contributed by atoms with Crippen LogP contribution in [0.4, 0.5) is 0 Å². The Labute approximate surface area is 282 Å². The van der Waals surface area contributed by atoms with Crippen LogP contribution in [0, 0.1) is 0 Å². The molecule has 6 nitrogen and oxygen atoms in total. The summed E-state index contributed by atoms with van der Waals surface area (Å²) in [4.78, 5) is 4.55. The highest BCUT2D eigenvalue weighted by molar-refractivity contribution is 7.80. The van der Waals surface area contributed by atoms with Crippen LogP contribution in [0.25, 0.3) is 0 Å². The summed E-state index contributed by atoms with van der Waals surface area (Å²) in [5.74, 6) is 1.92. The zero-order valence-corrected chi connectivity index (χ0v) is 27.6. The van der Waals surface area contributed by atoms with E-state index in [0.717, 1.165) is 60.5 Å². The minimum atomic E-state index is 0.0971. The number of hydrogen-bond acceptors (Lipinski definition) is 4. The number of benzene rings is 2. The van der Waals surface area contributed by atoms with Crippen molar-refractivity contribution in [1.82, 2.24) is 20.4 Å². The van der Waals surface area contributed by atoms with Crippen molar-refractivity contribution in [3.8, 4) is 0 Å². The van der Waals surface area contributed by atoms with Gasteiger partial charge in [0.1, 0.15) is 23.6 Å². The van der Waals surface area contributed by atoms with Crippen LogP contribution >= 0.6 is 24.4 Å². The molecule has 2 aromatic heterocycles.